The van der Waals surface area contributed by atoms with Gasteiger partial charge in [0.2, 0.25) is 15.9 Å². The molecule has 0 radical (unpaired) electrons. The molecule has 4 rings (SSSR count). The molecule has 30 heavy (non-hydrogen) atoms. The van der Waals surface area contributed by atoms with Crippen LogP contribution in [0.25, 0.3) is 11.5 Å². The maximum Gasteiger partial charge on any atom is 0.309 e. The lowest BCUT2D eigenvalue weighted by Gasteiger charge is -2.25. The molecule has 2 aromatic rings. The number of hydrogen-bond donors (Lipinski definition) is 1. The monoisotopic (exact) mass is 432 g/mol. The normalized spacial score (nSPS) is 19.3. The molecule has 0 bridgehead atoms. The summed E-state index contributed by atoms with van der Waals surface area (Å²) in [5, 5.41) is 10.8. The summed E-state index contributed by atoms with van der Waals surface area (Å²) in [4.78, 5) is 12.7. The molecule has 2 aliphatic rings. The van der Waals surface area contributed by atoms with E-state index in [1.807, 2.05) is 0 Å². The largest absolute Gasteiger partial charge is 0.412 e. The highest BCUT2D eigenvalue weighted by molar-refractivity contribution is 7.89. The first-order valence-corrected chi connectivity index (χ1v) is 12.2. The van der Waals surface area contributed by atoms with Crippen LogP contribution in [0.15, 0.2) is 33.6 Å². The molecule has 1 aliphatic heterocycles. The van der Waals surface area contributed by atoms with Gasteiger partial charge < -0.3 is 9.73 Å². The van der Waals surface area contributed by atoms with Gasteiger partial charge in [-0.05, 0) is 49.9 Å². The van der Waals surface area contributed by atoms with Gasteiger partial charge in [-0.3, -0.25) is 4.79 Å². The van der Waals surface area contributed by atoms with Crippen LogP contribution < -0.4 is 5.32 Å². The van der Waals surface area contributed by atoms with E-state index in [2.05, 4.69) is 15.5 Å². The molecule has 0 unspecified atom stereocenters. The second-order valence-electron chi connectivity index (χ2n) is 8.06. The van der Waals surface area contributed by atoms with Crippen LogP contribution in [0.2, 0.25) is 0 Å². The van der Waals surface area contributed by atoms with E-state index in [4.69, 9.17) is 4.42 Å². The molecule has 1 saturated carbocycles. The number of amides is 1. The SMILES string of the molecule is O=C(NC1CCCCCC1)c1nnc(-c2ccc(S(=O)(=O)N3CCCCC3)cc2)o1. The predicted octanol–water partition coefficient (Wildman–Crippen LogP) is 3.36. The zero-order valence-electron chi connectivity index (χ0n) is 17.0. The Morgan fingerprint density at radius 1 is 0.933 bits per heavy atom. The fourth-order valence-corrected chi connectivity index (χ4v) is 5.64. The van der Waals surface area contributed by atoms with E-state index in [9.17, 15) is 13.2 Å². The van der Waals surface area contributed by atoms with E-state index in [-0.39, 0.29) is 28.6 Å². The maximum absolute atomic E-state index is 12.8. The molecule has 9 heteroatoms. The second-order valence-corrected chi connectivity index (χ2v) is 10.0. The molecule has 1 aromatic heterocycles. The molecule has 1 aliphatic carbocycles. The van der Waals surface area contributed by atoms with Gasteiger partial charge in [0.25, 0.3) is 0 Å². The Balaban J connectivity index is 1.43. The Morgan fingerprint density at radius 2 is 1.57 bits per heavy atom. The van der Waals surface area contributed by atoms with Gasteiger partial charge in [0.15, 0.2) is 0 Å². The third-order valence-corrected chi connectivity index (χ3v) is 7.78. The van der Waals surface area contributed by atoms with Gasteiger partial charge in [0, 0.05) is 24.7 Å². The highest BCUT2D eigenvalue weighted by Crippen LogP contribution is 2.24. The highest BCUT2D eigenvalue weighted by atomic mass is 32.2. The van der Waals surface area contributed by atoms with Crippen LogP contribution >= 0.6 is 0 Å². The minimum atomic E-state index is -3.49. The summed E-state index contributed by atoms with van der Waals surface area (Å²) in [5.74, 6) is -0.229. The number of carbonyl (C=O) groups is 1. The summed E-state index contributed by atoms with van der Waals surface area (Å²) in [6.07, 6.45) is 9.45. The van der Waals surface area contributed by atoms with Gasteiger partial charge in [0.05, 0.1) is 4.90 Å². The van der Waals surface area contributed by atoms with Crippen LogP contribution in [0, 0.1) is 0 Å². The van der Waals surface area contributed by atoms with Crippen LogP contribution in [0.1, 0.15) is 68.5 Å². The first kappa shape index (κ1) is 21.0. The van der Waals surface area contributed by atoms with Crippen molar-refractivity contribution < 1.29 is 17.6 Å². The first-order valence-electron chi connectivity index (χ1n) is 10.8. The van der Waals surface area contributed by atoms with E-state index in [0.29, 0.717) is 18.7 Å². The smallest absolute Gasteiger partial charge is 0.309 e. The van der Waals surface area contributed by atoms with Crippen molar-refractivity contribution in [1.82, 2.24) is 19.8 Å². The van der Waals surface area contributed by atoms with Crippen molar-refractivity contribution in [3.8, 4) is 11.5 Å². The van der Waals surface area contributed by atoms with Crippen LogP contribution in [-0.4, -0.2) is 48.0 Å². The number of sulfonamides is 1. The van der Waals surface area contributed by atoms with Gasteiger partial charge in [-0.1, -0.05) is 32.1 Å². The van der Waals surface area contributed by atoms with Crippen LogP contribution in [0.3, 0.4) is 0 Å². The summed E-state index contributed by atoms with van der Waals surface area (Å²) < 4.78 is 32.6. The molecule has 1 saturated heterocycles. The Hall–Kier alpha value is -2.26. The van der Waals surface area contributed by atoms with Gasteiger partial charge in [0.1, 0.15) is 0 Å². The van der Waals surface area contributed by atoms with Gasteiger partial charge >= 0.3 is 11.8 Å². The Kier molecular flexibility index (Phi) is 6.48. The fraction of sp³-hybridized carbons (Fsp3) is 0.571. The van der Waals surface area contributed by atoms with Crippen molar-refractivity contribution >= 4 is 15.9 Å². The summed E-state index contributed by atoms with van der Waals surface area (Å²) >= 11 is 0. The van der Waals surface area contributed by atoms with Gasteiger partial charge in [-0.15, -0.1) is 10.2 Å². The number of rotatable bonds is 5. The molecule has 1 aromatic carbocycles. The lowest BCUT2D eigenvalue weighted by molar-refractivity contribution is 0.0899. The molecule has 1 amide bonds. The molecule has 2 heterocycles. The third kappa shape index (κ3) is 4.73. The molecule has 2 fully saturated rings. The number of hydrogen-bond acceptors (Lipinski definition) is 6. The maximum atomic E-state index is 12.8. The summed E-state index contributed by atoms with van der Waals surface area (Å²) in [6, 6.07) is 6.52. The van der Waals surface area contributed by atoms with Gasteiger partial charge in [-0.2, -0.15) is 4.31 Å². The molecule has 0 spiro atoms. The summed E-state index contributed by atoms with van der Waals surface area (Å²) in [7, 11) is -3.49. The number of aromatic nitrogens is 2. The highest BCUT2D eigenvalue weighted by Gasteiger charge is 2.26. The second kappa shape index (κ2) is 9.26. The van der Waals surface area contributed by atoms with Crippen LogP contribution in [-0.2, 0) is 10.0 Å². The zero-order chi connectivity index (χ0) is 21.0. The van der Waals surface area contributed by atoms with E-state index in [1.165, 1.54) is 17.1 Å². The first-order chi connectivity index (χ1) is 14.5. The third-order valence-electron chi connectivity index (χ3n) is 5.86. The predicted molar refractivity (Wildman–Crippen MR) is 111 cm³/mol. The van der Waals surface area contributed by atoms with Crippen LogP contribution in [0.4, 0.5) is 0 Å². The fourth-order valence-electron chi connectivity index (χ4n) is 4.13. The summed E-state index contributed by atoms with van der Waals surface area (Å²) in [5.41, 5.74) is 0.577. The van der Waals surface area contributed by atoms with E-state index < -0.39 is 10.0 Å². The molecular weight excluding hydrogens is 404 g/mol. The molecular formula is C21H28N4O4S. The standard InChI is InChI=1S/C21H28N4O4S/c26-19(22-17-8-4-1-2-5-9-17)21-24-23-20(29-21)16-10-12-18(13-11-16)30(27,28)25-14-6-3-7-15-25/h10-13,17H,1-9,14-15H2,(H,22,26). The Morgan fingerprint density at radius 3 is 2.23 bits per heavy atom. The Bertz CT molecular complexity index is 957. The average molecular weight is 433 g/mol. The number of carbonyl (C=O) groups excluding carboxylic acids is 1. The quantitative estimate of drug-likeness (QED) is 0.726. The minimum Gasteiger partial charge on any atom is -0.412 e. The average Bonchev–Trinajstić information content (AvgIpc) is 3.13. The lowest BCUT2D eigenvalue weighted by Crippen LogP contribution is -2.35. The van der Waals surface area contributed by atoms with Crippen molar-refractivity contribution in [1.29, 1.82) is 0 Å². The molecule has 1 N–H and O–H groups in total. The molecule has 162 valence electrons. The van der Waals surface area contributed by atoms with E-state index >= 15 is 0 Å². The van der Waals surface area contributed by atoms with E-state index in [1.54, 1.807) is 24.3 Å². The summed E-state index contributed by atoms with van der Waals surface area (Å²) in [6.45, 7) is 1.13. The Labute approximate surface area is 177 Å². The van der Waals surface area contributed by atoms with Crippen molar-refractivity contribution in [2.45, 2.75) is 68.7 Å². The number of benzene rings is 1. The van der Waals surface area contributed by atoms with Crippen molar-refractivity contribution in [2.24, 2.45) is 0 Å². The van der Waals surface area contributed by atoms with Crippen molar-refractivity contribution in [3.05, 3.63) is 30.2 Å². The number of nitrogens with one attached hydrogen (secondary N) is 1. The number of piperidine rings is 1. The minimum absolute atomic E-state index is 0.0701. The van der Waals surface area contributed by atoms with Gasteiger partial charge in [-0.25, -0.2) is 8.42 Å². The molecule has 0 atom stereocenters. The van der Waals surface area contributed by atoms with E-state index in [0.717, 1.165) is 44.9 Å². The lowest BCUT2D eigenvalue weighted by atomic mass is 10.1. The molecule has 8 nitrogen and oxygen atoms in total. The topological polar surface area (TPSA) is 105 Å². The van der Waals surface area contributed by atoms with Crippen LogP contribution in [0.5, 0.6) is 0 Å². The zero-order valence-corrected chi connectivity index (χ0v) is 17.9. The van der Waals surface area contributed by atoms with Crippen molar-refractivity contribution in [2.75, 3.05) is 13.1 Å². The number of nitrogens with zero attached hydrogens (tertiary/aromatic N) is 3. The van der Waals surface area contributed by atoms with Crippen molar-refractivity contribution in [3.63, 3.8) is 0 Å².